The third-order valence-corrected chi connectivity index (χ3v) is 1.89. The van der Waals surface area contributed by atoms with Gasteiger partial charge in [-0.2, -0.15) is 5.26 Å². The summed E-state index contributed by atoms with van der Waals surface area (Å²) >= 11 is 0. The van der Waals surface area contributed by atoms with E-state index in [1.54, 1.807) is 0 Å². The minimum absolute atomic E-state index is 0.0353. The topological polar surface area (TPSA) is 39.1 Å². The SMILES string of the molecule is CCCCN(C)CC(C#N)NC. The highest BCUT2D eigenvalue weighted by molar-refractivity contribution is 4.90. The molecular formula is C9H19N3. The van der Waals surface area contributed by atoms with Crippen molar-refractivity contribution in [1.29, 1.82) is 5.26 Å². The molecule has 1 N–H and O–H groups in total. The molecule has 0 radical (unpaired) electrons. The molecule has 1 atom stereocenters. The third-order valence-electron chi connectivity index (χ3n) is 1.89. The van der Waals surface area contributed by atoms with Crippen molar-refractivity contribution in [1.82, 2.24) is 10.2 Å². The molecule has 0 rings (SSSR count). The standard InChI is InChI=1S/C9H19N3/c1-4-5-6-12(3)8-9(7-10)11-2/h9,11H,4-6,8H2,1-3H3. The Kier molecular flexibility index (Phi) is 6.73. The highest BCUT2D eigenvalue weighted by Crippen LogP contribution is 1.93. The first kappa shape index (κ1) is 11.4. The molecule has 0 aliphatic rings. The number of hydrogen-bond donors (Lipinski definition) is 1. The minimum atomic E-state index is -0.0353. The summed E-state index contributed by atoms with van der Waals surface area (Å²) in [6, 6.07) is 2.17. The van der Waals surface area contributed by atoms with E-state index in [4.69, 9.17) is 5.26 Å². The van der Waals surface area contributed by atoms with E-state index in [0.29, 0.717) is 0 Å². The summed E-state index contributed by atoms with van der Waals surface area (Å²) in [6.07, 6.45) is 2.42. The fourth-order valence-electron chi connectivity index (χ4n) is 1.03. The van der Waals surface area contributed by atoms with E-state index in [2.05, 4.69) is 30.3 Å². The average Bonchev–Trinajstić information content (AvgIpc) is 2.10. The Bertz CT molecular complexity index is 139. The van der Waals surface area contributed by atoms with Crippen LogP contribution in [-0.2, 0) is 0 Å². The maximum atomic E-state index is 8.66. The highest BCUT2D eigenvalue weighted by Gasteiger charge is 2.06. The molecule has 0 aliphatic heterocycles. The van der Waals surface area contributed by atoms with Gasteiger partial charge in [0.2, 0.25) is 0 Å². The number of hydrogen-bond acceptors (Lipinski definition) is 3. The Labute approximate surface area is 75.4 Å². The summed E-state index contributed by atoms with van der Waals surface area (Å²) in [5.41, 5.74) is 0. The molecule has 70 valence electrons. The molecule has 0 fully saturated rings. The van der Waals surface area contributed by atoms with Crippen LogP contribution in [0.15, 0.2) is 0 Å². The van der Waals surface area contributed by atoms with Crippen LogP contribution < -0.4 is 5.32 Å². The second kappa shape index (κ2) is 7.08. The zero-order chi connectivity index (χ0) is 9.40. The van der Waals surface area contributed by atoms with E-state index < -0.39 is 0 Å². The zero-order valence-corrected chi connectivity index (χ0v) is 8.30. The van der Waals surface area contributed by atoms with Crippen LogP contribution in [0.5, 0.6) is 0 Å². The number of nitrogens with zero attached hydrogens (tertiary/aromatic N) is 2. The van der Waals surface area contributed by atoms with Crippen molar-refractivity contribution in [3.8, 4) is 6.07 Å². The third kappa shape index (κ3) is 5.11. The van der Waals surface area contributed by atoms with E-state index in [1.807, 2.05) is 7.05 Å². The predicted octanol–water partition coefficient (Wildman–Crippen LogP) is 0.830. The summed E-state index contributed by atoms with van der Waals surface area (Å²) in [7, 11) is 3.87. The first-order valence-electron chi connectivity index (χ1n) is 4.50. The molecule has 3 heteroatoms. The van der Waals surface area contributed by atoms with Crippen LogP contribution in [0.3, 0.4) is 0 Å². The fraction of sp³-hybridized carbons (Fsp3) is 0.889. The number of unbranched alkanes of at least 4 members (excludes halogenated alkanes) is 1. The van der Waals surface area contributed by atoms with Crippen LogP contribution in [0.1, 0.15) is 19.8 Å². The van der Waals surface area contributed by atoms with Crippen LogP contribution in [0.2, 0.25) is 0 Å². The quantitative estimate of drug-likeness (QED) is 0.640. The molecule has 0 aliphatic carbocycles. The maximum Gasteiger partial charge on any atom is 0.108 e. The molecule has 0 aromatic heterocycles. The maximum absolute atomic E-state index is 8.66. The number of likely N-dealkylation sites (N-methyl/N-ethyl adjacent to an activating group) is 2. The molecular weight excluding hydrogens is 150 g/mol. The molecule has 12 heavy (non-hydrogen) atoms. The van der Waals surface area contributed by atoms with Gasteiger partial charge in [-0.05, 0) is 27.1 Å². The summed E-state index contributed by atoms with van der Waals surface area (Å²) in [5.74, 6) is 0. The Morgan fingerprint density at radius 3 is 2.67 bits per heavy atom. The minimum Gasteiger partial charge on any atom is -0.304 e. The van der Waals surface area contributed by atoms with Gasteiger partial charge in [0.15, 0.2) is 0 Å². The van der Waals surface area contributed by atoms with Gasteiger partial charge in [-0.1, -0.05) is 13.3 Å². The van der Waals surface area contributed by atoms with Gasteiger partial charge in [-0.15, -0.1) is 0 Å². The van der Waals surface area contributed by atoms with Crippen molar-refractivity contribution in [2.45, 2.75) is 25.8 Å². The van der Waals surface area contributed by atoms with Gasteiger partial charge >= 0.3 is 0 Å². The van der Waals surface area contributed by atoms with Gasteiger partial charge in [-0.3, -0.25) is 0 Å². The summed E-state index contributed by atoms with van der Waals surface area (Å²) in [6.45, 7) is 4.07. The fourth-order valence-corrected chi connectivity index (χ4v) is 1.03. The highest BCUT2D eigenvalue weighted by atomic mass is 15.1. The van der Waals surface area contributed by atoms with E-state index >= 15 is 0 Å². The van der Waals surface area contributed by atoms with E-state index in [-0.39, 0.29) is 6.04 Å². The average molecular weight is 169 g/mol. The molecule has 0 amide bonds. The predicted molar refractivity (Wildman–Crippen MR) is 50.9 cm³/mol. The van der Waals surface area contributed by atoms with Crippen molar-refractivity contribution >= 4 is 0 Å². The van der Waals surface area contributed by atoms with Crippen molar-refractivity contribution in [2.24, 2.45) is 0 Å². The van der Waals surface area contributed by atoms with Gasteiger partial charge in [0.1, 0.15) is 6.04 Å². The van der Waals surface area contributed by atoms with Gasteiger partial charge in [0.25, 0.3) is 0 Å². The summed E-state index contributed by atoms with van der Waals surface area (Å²) < 4.78 is 0. The van der Waals surface area contributed by atoms with Crippen molar-refractivity contribution in [3.63, 3.8) is 0 Å². The Morgan fingerprint density at radius 2 is 2.25 bits per heavy atom. The van der Waals surface area contributed by atoms with Crippen LogP contribution in [0.4, 0.5) is 0 Å². The van der Waals surface area contributed by atoms with E-state index in [1.165, 1.54) is 12.8 Å². The molecule has 0 aromatic carbocycles. The first-order chi connectivity index (χ1) is 5.74. The largest absolute Gasteiger partial charge is 0.304 e. The monoisotopic (exact) mass is 169 g/mol. The second-order valence-electron chi connectivity index (χ2n) is 3.09. The molecule has 3 nitrogen and oxygen atoms in total. The van der Waals surface area contributed by atoms with E-state index in [0.717, 1.165) is 13.1 Å². The summed E-state index contributed by atoms with van der Waals surface area (Å²) in [4.78, 5) is 2.19. The molecule has 0 saturated carbocycles. The van der Waals surface area contributed by atoms with Crippen molar-refractivity contribution < 1.29 is 0 Å². The molecule has 0 heterocycles. The normalized spacial score (nSPS) is 12.9. The first-order valence-corrected chi connectivity index (χ1v) is 4.50. The molecule has 0 aromatic rings. The van der Waals surface area contributed by atoms with Gasteiger partial charge < -0.3 is 10.2 Å². The van der Waals surface area contributed by atoms with Gasteiger partial charge in [0.05, 0.1) is 6.07 Å². The van der Waals surface area contributed by atoms with Crippen molar-refractivity contribution in [2.75, 3.05) is 27.2 Å². The number of rotatable bonds is 6. The lowest BCUT2D eigenvalue weighted by Crippen LogP contribution is -2.36. The zero-order valence-electron chi connectivity index (χ0n) is 8.30. The molecule has 0 saturated heterocycles. The van der Waals surface area contributed by atoms with Crippen LogP contribution in [0, 0.1) is 11.3 Å². The van der Waals surface area contributed by atoms with Crippen LogP contribution >= 0.6 is 0 Å². The van der Waals surface area contributed by atoms with Gasteiger partial charge in [-0.25, -0.2) is 0 Å². The Balaban J connectivity index is 3.53. The lowest BCUT2D eigenvalue weighted by Gasteiger charge is -2.18. The number of nitriles is 1. The van der Waals surface area contributed by atoms with Crippen LogP contribution in [0.25, 0.3) is 0 Å². The lowest BCUT2D eigenvalue weighted by atomic mass is 10.3. The van der Waals surface area contributed by atoms with E-state index in [9.17, 15) is 0 Å². The summed E-state index contributed by atoms with van der Waals surface area (Å²) in [5, 5.41) is 11.6. The molecule has 0 bridgehead atoms. The Morgan fingerprint density at radius 1 is 1.58 bits per heavy atom. The van der Waals surface area contributed by atoms with Gasteiger partial charge in [0, 0.05) is 6.54 Å². The smallest absolute Gasteiger partial charge is 0.108 e. The lowest BCUT2D eigenvalue weighted by molar-refractivity contribution is 0.310. The second-order valence-corrected chi connectivity index (χ2v) is 3.09. The van der Waals surface area contributed by atoms with Crippen molar-refractivity contribution in [3.05, 3.63) is 0 Å². The Hall–Kier alpha value is -0.590. The molecule has 0 spiro atoms. The number of nitrogens with one attached hydrogen (secondary N) is 1. The van der Waals surface area contributed by atoms with Crippen LogP contribution in [-0.4, -0.2) is 38.1 Å². The molecule has 1 unspecified atom stereocenters.